The minimum Gasteiger partial charge on any atom is -0.467 e. The van der Waals surface area contributed by atoms with Crippen LogP contribution in [0.2, 0.25) is 0 Å². The molecule has 0 bridgehead atoms. The number of amides is 2. The van der Waals surface area contributed by atoms with Gasteiger partial charge < -0.3 is 14.2 Å². The highest BCUT2D eigenvalue weighted by Gasteiger charge is 2.28. The van der Waals surface area contributed by atoms with E-state index in [2.05, 4.69) is 24.0 Å². The average molecular weight is 328 g/mol. The Hall–Kier alpha value is -2.34. The van der Waals surface area contributed by atoms with Crippen LogP contribution in [0.3, 0.4) is 0 Å². The van der Waals surface area contributed by atoms with Gasteiger partial charge >= 0.3 is 6.03 Å². The van der Waals surface area contributed by atoms with Gasteiger partial charge in [0.2, 0.25) is 0 Å². The predicted molar refractivity (Wildman–Crippen MR) is 92.8 cm³/mol. The van der Waals surface area contributed by atoms with Crippen molar-refractivity contribution in [3.05, 3.63) is 48.6 Å². The smallest absolute Gasteiger partial charge is 0.326 e. The number of carbonyl (C=O) groups is 1. The van der Waals surface area contributed by atoms with Gasteiger partial charge in [-0.1, -0.05) is 6.07 Å². The average Bonchev–Trinajstić information content (AvgIpc) is 3.13. The van der Waals surface area contributed by atoms with Crippen LogP contribution in [-0.4, -0.2) is 54.0 Å². The highest BCUT2D eigenvalue weighted by atomic mass is 16.3. The Kier molecular flexibility index (Phi) is 5.15. The van der Waals surface area contributed by atoms with E-state index in [1.165, 1.54) is 0 Å². The normalized spacial score (nSPS) is 15.7. The Balaban J connectivity index is 1.74. The van der Waals surface area contributed by atoms with Gasteiger partial charge in [0.1, 0.15) is 11.6 Å². The fraction of sp³-hybridized carbons (Fsp3) is 0.444. The van der Waals surface area contributed by atoms with E-state index in [0.717, 1.165) is 31.7 Å². The van der Waals surface area contributed by atoms with Gasteiger partial charge in [-0.2, -0.15) is 0 Å². The second kappa shape index (κ2) is 7.49. The molecule has 0 aromatic carbocycles. The molecule has 0 atom stereocenters. The molecule has 1 saturated heterocycles. The number of aromatic nitrogens is 1. The SMILES string of the molecule is CN(C)C1CCN(C(=O)N(Cc2ccco2)c2ccccn2)CC1. The fourth-order valence-corrected chi connectivity index (χ4v) is 3.06. The molecular weight excluding hydrogens is 304 g/mol. The van der Waals surface area contributed by atoms with Gasteiger partial charge in [0.15, 0.2) is 0 Å². The molecule has 1 fully saturated rings. The van der Waals surface area contributed by atoms with Crippen molar-refractivity contribution in [1.29, 1.82) is 0 Å². The number of hydrogen-bond acceptors (Lipinski definition) is 4. The summed E-state index contributed by atoms with van der Waals surface area (Å²) in [5.74, 6) is 1.39. The molecule has 2 amide bonds. The first-order valence-corrected chi connectivity index (χ1v) is 8.31. The van der Waals surface area contributed by atoms with Gasteiger partial charge in [-0.3, -0.25) is 4.90 Å². The van der Waals surface area contributed by atoms with Crippen LogP contribution in [0.1, 0.15) is 18.6 Å². The molecule has 3 rings (SSSR count). The van der Waals surface area contributed by atoms with Gasteiger partial charge in [-0.15, -0.1) is 0 Å². The molecule has 0 radical (unpaired) electrons. The summed E-state index contributed by atoms with van der Waals surface area (Å²) in [5, 5.41) is 0. The van der Waals surface area contributed by atoms with Crippen LogP contribution < -0.4 is 4.90 Å². The van der Waals surface area contributed by atoms with Crippen LogP contribution in [0.5, 0.6) is 0 Å². The largest absolute Gasteiger partial charge is 0.467 e. The molecule has 0 aliphatic carbocycles. The monoisotopic (exact) mass is 328 g/mol. The van der Waals surface area contributed by atoms with E-state index in [4.69, 9.17) is 4.42 Å². The fourth-order valence-electron chi connectivity index (χ4n) is 3.06. The Morgan fingerprint density at radius 2 is 2.04 bits per heavy atom. The minimum atomic E-state index is -0.0118. The number of carbonyl (C=O) groups excluding carboxylic acids is 1. The zero-order valence-electron chi connectivity index (χ0n) is 14.3. The number of urea groups is 1. The number of furan rings is 1. The topological polar surface area (TPSA) is 52.8 Å². The van der Waals surface area contributed by atoms with Gasteiger partial charge in [-0.05, 0) is 51.2 Å². The highest BCUT2D eigenvalue weighted by molar-refractivity contribution is 5.90. The maximum absolute atomic E-state index is 13.1. The molecule has 6 heteroatoms. The number of likely N-dealkylation sites (tertiary alicyclic amines) is 1. The zero-order valence-corrected chi connectivity index (χ0v) is 14.3. The maximum atomic E-state index is 13.1. The van der Waals surface area contributed by atoms with E-state index in [9.17, 15) is 4.79 Å². The summed E-state index contributed by atoms with van der Waals surface area (Å²) < 4.78 is 5.42. The third-order valence-electron chi connectivity index (χ3n) is 4.52. The lowest BCUT2D eigenvalue weighted by atomic mass is 10.0. The lowest BCUT2D eigenvalue weighted by Crippen LogP contribution is -2.49. The van der Waals surface area contributed by atoms with E-state index in [0.29, 0.717) is 18.4 Å². The quantitative estimate of drug-likeness (QED) is 0.866. The first kappa shape index (κ1) is 16.5. The van der Waals surface area contributed by atoms with Crippen molar-refractivity contribution in [2.24, 2.45) is 0 Å². The van der Waals surface area contributed by atoms with Gasteiger partial charge in [0, 0.05) is 25.3 Å². The van der Waals surface area contributed by atoms with Crippen molar-refractivity contribution in [2.75, 3.05) is 32.1 Å². The van der Waals surface area contributed by atoms with Gasteiger partial charge in [-0.25, -0.2) is 9.78 Å². The third kappa shape index (κ3) is 3.76. The van der Waals surface area contributed by atoms with Crippen LogP contribution in [0.4, 0.5) is 10.6 Å². The summed E-state index contributed by atoms with van der Waals surface area (Å²) in [7, 11) is 4.19. The molecule has 0 N–H and O–H groups in total. The summed E-state index contributed by atoms with van der Waals surface area (Å²) in [5.41, 5.74) is 0. The third-order valence-corrected chi connectivity index (χ3v) is 4.52. The molecule has 24 heavy (non-hydrogen) atoms. The number of piperidine rings is 1. The number of anilines is 1. The van der Waals surface area contributed by atoms with E-state index in [1.54, 1.807) is 17.4 Å². The Morgan fingerprint density at radius 3 is 2.62 bits per heavy atom. The molecule has 2 aromatic rings. The molecule has 0 saturated carbocycles. The second-order valence-electron chi connectivity index (χ2n) is 6.32. The van der Waals surface area contributed by atoms with Gasteiger partial charge in [0.05, 0.1) is 12.8 Å². The number of pyridine rings is 1. The second-order valence-corrected chi connectivity index (χ2v) is 6.32. The summed E-state index contributed by atoms with van der Waals surface area (Å²) in [6, 6.07) is 9.84. The van der Waals surface area contributed by atoms with Crippen LogP contribution in [0, 0.1) is 0 Å². The Bertz CT molecular complexity index is 634. The van der Waals surface area contributed by atoms with Crippen molar-refractivity contribution in [3.63, 3.8) is 0 Å². The maximum Gasteiger partial charge on any atom is 0.326 e. The molecule has 1 aliphatic rings. The highest BCUT2D eigenvalue weighted by Crippen LogP contribution is 2.20. The molecule has 0 spiro atoms. The lowest BCUT2D eigenvalue weighted by Gasteiger charge is -2.37. The van der Waals surface area contributed by atoms with Crippen molar-refractivity contribution in [1.82, 2.24) is 14.8 Å². The van der Waals surface area contributed by atoms with Crippen LogP contribution in [0.25, 0.3) is 0 Å². The van der Waals surface area contributed by atoms with Crippen molar-refractivity contribution in [2.45, 2.75) is 25.4 Å². The first-order valence-electron chi connectivity index (χ1n) is 8.31. The summed E-state index contributed by atoms with van der Waals surface area (Å²) in [6.07, 6.45) is 5.32. The number of nitrogens with zero attached hydrogens (tertiary/aromatic N) is 4. The molecule has 0 unspecified atom stereocenters. The first-order chi connectivity index (χ1) is 11.6. The van der Waals surface area contributed by atoms with E-state index < -0.39 is 0 Å². The summed E-state index contributed by atoms with van der Waals surface area (Å²) >= 11 is 0. The zero-order chi connectivity index (χ0) is 16.9. The van der Waals surface area contributed by atoms with E-state index in [-0.39, 0.29) is 6.03 Å². The summed E-state index contributed by atoms with van der Waals surface area (Å²) in [6.45, 7) is 1.92. The number of rotatable bonds is 4. The standard InChI is InChI=1S/C18H24N4O2/c1-20(2)15-8-11-21(12-9-15)18(23)22(14-16-6-5-13-24-16)17-7-3-4-10-19-17/h3-7,10,13,15H,8-9,11-12,14H2,1-2H3. The van der Waals surface area contributed by atoms with Crippen LogP contribution in [0.15, 0.2) is 47.2 Å². The predicted octanol–water partition coefficient (Wildman–Crippen LogP) is 2.83. The van der Waals surface area contributed by atoms with Gasteiger partial charge in [0.25, 0.3) is 0 Å². The van der Waals surface area contributed by atoms with Crippen LogP contribution >= 0.6 is 0 Å². The minimum absolute atomic E-state index is 0.0118. The van der Waals surface area contributed by atoms with Crippen LogP contribution in [-0.2, 0) is 6.54 Å². The molecule has 2 aromatic heterocycles. The summed E-state index contributed by atoms with van der Waals surface area (Å²) in [4.78, 5) is 23.2. The molecule has 6 nitrogen and oxygen atoms in total. The van der Waals surface area contributed by atoms with Crippen molar-refractivity contribution in [3.8, 4) is 0 Å². The lowest BCUT2D eigenvalue weighted by molar-refractivity contribution is 0.151. The van der Waals surface area contributed by atoms with Crippen molar-refractivity contribution >= 4 is 11.8 Å². The Labute approximate surface area is 142 Å². The molecular formula is C18H24N4O2. The van der Waals surface area contributed by atoms with E-state index in [1.807, 2.05) is 35.2 Å². The molecule has 3 heterocycles. The molecule has 1 aliphatic heterocycles. The Morgan fingerprint density at radius 1 is 1.25 bits per heavy atom. The van der Waals surface area contributed by atoms with Crippen molar-refractivity contribution < 1.29 is 9.21 Å². The number of hydrogen-bond donors (Lipinski definition) is 0. The van der Waals surface area contributed by atoms with E-state index >= 15 is 0 Å². The molecule has 128 valence electrons.